The fourth-order valence-corrected chi connectivity index (χ4v) is 3.51. The number of benzene rings is 3. The van der Waals surface area contributed by atoms with E-state index in [1.807, 2.05) is 24.3 Å². The van der Waals surface area contributed by atoms with Crippen LogP contribution < -0.4 is 4.74 Å². The number of fused-ring (bicyclic) bond motifs is 3. The van der Waals surface area contributed by atoms with Crippen LogP contribution in [0.3, 0.4) is 0 Å². The van der Waals surface area contributed by atoms with Gasteiger partial charge in [0.2, 0.25) is 0 Å². The highest BCUT2D eigenvalue weighted by Crippen LogP contribution is 2.38. The van der Waals surface area contributed by atoms with Gasteiger partial charge in [-0.3, -0.25) is 0 Å². The molecule has 3 aromatic carbocycles. The lowest BCUT2D eigenvalue weighted by atomic mass is 9.94. The summed E-state index contributed by atoms with van der Waals surface area (Å²) in [6.07, 6.45) is 1.01. The first-order chi connectivity index (χ1) is 13.3. The summed E-state index contributed by atoms with van der Waals surface area (Å²) in [7, 11) is 0. The van der Waals surface area contributed by atoms with E-state index in [0.29, 0.717) is 19.8 Å². The van der Waals surface area contributed by atoms with E-state index in [2.05, 4.69) is 43.3 Å². The van der Waals surface area contributed by atoms with E-state index in [4.69, 9.17) is 9.47 Å². The van der Waals surface area contributed by atoms with Crippen LogP contribution in [0.1, 0.15) is 34.7 Å². The molecule has 1 aliphatic rings. The van der Waals surface area contributed by atoms with Gasteiger partial charge in [-0.15, -0.1) is 0 Å². The van der Waals surface area contributed by atoms with E-state index < -0.39 is 0 Å². The summed E-state index contributed by atoms with van der Waals surface area (Å²) in [5.74, 6) is 0.981. The zero-order valence-corrected chi connectivity index (χ0v) is 15.6. The third-order valence-electron chi connectivity index (χ3n) is 5.01. The van der Waals surface area contributed by atoms with Gasteiger partial charge in [-0.1, -0.05) is 55.5 Å². The van der Waals surface area contributed by atoms with Crippen molar-refractivity contribution in [3.63, 3.8) is 0 Å². The molecule has 1 aliphatic heterocycles. The number of ether oxygens (including phenoxy) is 2. The molecule has 0 spiro atoms. The third kappa shape index (κ3) is 3.90. The minimum absolute atomic E-state index is 0.0554. The summed E-state index contributed by atoms with van der Waals surface area (Å²) in [5, 5.41) is 9.22. The molecular formula is C24H24O3. The summed E-state index contributed by atoms with van der Waals surface area (Å²) in [6.45, 7) is 3.90. The van der Waals surface area contributed by atoms with Crippen LogP contribution in [0.2, 0.25) is 0 Å². The van der Waals surface area contributed by atoms with Crippen molar-refractivity contribution in [2.24, 2.45) is 0 Å². The Bertz CT molecular complexity index is 946. The highest BCUT2D eigenvalue weighted by Gasteiger charge is 2.17. The molecule has 0 atom stereocenters. The van der Waals surface area contributed by atoms with Crippen molar-refractivity contribution in [3.05, 3.63) is 88.5 Å². The van der Waals surface area contributed by atoms with Gasteiger partial charge in [-0.2, -0.15) is 0 Å². The first kappa shape index (κ1) is 17.8. The zero-order valence-electron chi connectivity index (χ0n) is 15.6. The van der Waals surface area contributed by atoms with Crippen molar-refractivity contribution in [3.8, 4) is 16.9 Å². The Balaban J connectivity index is 1.45. The quantitative estimate of drug-likeness (QED) is 0.671. The summed E-state index contributed by atoms with van der Waals surface area (Å²) in [4.78, 5) is 0. The maximum atomic E-state index is 9.22. The lowest BCUT2D eigenvalue weighted by molar-refractivity contribution is 0.107. The van der Waals surface area contributed by atoms with Gasteiger partial charge in [0.25, 0.3) is 0 Å². The Labute approximate surface area is 160 Å². The Morgan fingerprint density at radius 3 is 2.41 bits per heavy atom. The molecule has 0 saturated carbocycles. The molecule has 27 heavy (non-hydrogen) atoms. The van der Waals surface area contributed by atoms with Crippen molar-refractivity contribution < 1.29 is 14.6 Å². The van der Waals surface area contributed by atoms with E-state index >= 15 is 0 Å². The van der Waals surface area contributed by atoms with Crippen molar-refractivity contribution in [2.45, 2.75) is 39.8 Å². The lowest BCUT2D eigenvalue weighted by Gasteiger charge is -2.22. The Kier molecular flexibility index (Phi) is 5.23. The van der Waals surface area contributed by atoms with Gasteiger partial charge in [0.15, 0.2) is 0 Å². The van der Waals surface area contributed by atoms with E-state index in [1.54, 1.807) is 0 Å². The first-order valence-corrected chi connectivity index (χ1v) is 9.41. The fourth-order valence-electron chi connectivity index (χ4n) is 3.51. The maximum Gasteiger partial charge on any atom is 0.127 e. The predicted molar refractivity (Wildman–Crippen MR) is 106 cm³/mol. The first-order valence-electron chi connectivity index (χ1n) is 9.41. The second-order valence-corrected chi connectivity index (χ2v) is 6.94. The normalized spacial score (nSPS) is 12.2. The van der Waals surface area contributed by atoms with Crippen molar-refractivity contribution >= 4 is 0 Å². The van der Waals surface area contributed by atoms with E-state index in [1.165, 1.54) is 22.3 Å². The average molecular weight is 360 g/mol. The predicted octanol–water partition coefficient (Wildman–Crippen LogP) is 5.02. The number of hydrogen-bond donors (Lipinski definition) is 1. The monoisotopic (exact) mass is 360 g/mol. The van der Waals surface area contributed by atoms with Gasteiger partial charge in [0, 0.05) is 5.56 Å². The SMILES string of the molecule is CCc1ccc2c(c1)OCc1cc(COCc3cccc(CO)c3)ccc1-2. The molecule has 3 nitrogen and oxygen atoms in total. The van der Waals surface area contributed by atoms with Crippen LogP contribution in [0.25, 0.3) is 11.1 Å². The summed E-state index contributed by atoms with van der Waals surface area (Å²) in [6, 6.07) is 20.8. The van der Waals surface area contributed by atoms with Gasteiger partial charge in [0.1, 0.15) is 12.4 Å². The molecule has 1 heterocycles. The number of aliphatic hydroxyl groups excluding tert-OH is 1. The summed E-state index contributed by atoms with van der Waals surface area (Å²) in [5.41, 5.74) is 8.04. The average Bonchev–Trinajstić information content (AvgIpc) is 2.73. The van der Waals surface area contributed by atoms with Crippen LogP contribution in [-0.4, -0.2) is 5.11 Å². The van der Waals surface area contributed by atoms with E-state index in [0.717, 1.165) is 28.9 Å². The van der Waals surface area contributed by atoms with Gasteiger partial charge in [0.05, 0.1) is 19.8 Å². The van der Waals surface area contributed by atoms with Gasteiger partial charge < -0.3 is 14.6 Å². The Hall–Kier alpha value is -2.62. The lowest BCUT2D eigenvalue weighted by Crippen LogP contribution is -2.07. The molecule has 0 unspecified atom stereocenters. The Morgan fingerprint density at radius 2 is 1.59 bits per heavy atom. The molecule has 0 aliphatic carbocycles. The van der Waals surface area contributed by atoms with Crippen LogP contribution in [0.15, 0.2) is 60.7 Å². The molecule has 0 saturated heterocycles. The van der Waals surface area contributed by atoms with Crippen molar-refractivity contribution in [1.29, 1.82) is 0 Å². The summed E-state index contributed by atoms with van der Waals surface area (Å²) < 4.78 is 11.9. The second kappa shape index (κ2) is 7.95. The smallest absolute Gasteiger partial charge is 0.127 e. The van der Waals surface area contributed by atoms with Crippen LogP contribution in [-0.2, 0) is 37.6 Å². The van der Waals surface area contributed by atoms with E-state index in [-0.39, 0.29) is 6.61 Å². The molecule has 3 aromatic rings. The van der Waals surface area contributed by atoms with Crippen molar-refractivity contribution in [2.75, 3.05) is 0 Å². The summed E-state index contributed by atoms with van der Waals surface area (Å²) >= 11 is 0. The van der Waals surface area contributed by atoms with E-state index in [9.17, 15) is 5.11 Å². The topological polar surface area (TPSA) is 38.7 Å². The molecule has 0 radical (unpaired) electrons. The largest absolute Gasteiger partial charge is 0.488 e. The minimum atomic E-state index is 0.0554. The standard InChI is InChI=1S/C24H24O3/c1-2-17-6-9-23-22-8-7-20(11-21(22)16-27-24(23)12-17)15-26-14-19-5-3-4-18(10-19)13-25/h3-12,25H,2,13-16H2,1H3. The van der Waals surface area contributed by atoms with Gasteiger partial charge >= 0.3 is 0 Å². The number of aliphatic hydroxyl groups is 1. The molecule has 4 rings (SSSR count). The van der Waals surface area contributed by atoms with Gasteiger partial charge in [-0.25, -0.2) is 0 Å². The second-order valence-electron chi connectivity index (χ2n) is 6.94. The molecular weight excluding hydrogens is 336 g/mol. The van der Waals surface area contributed by atoms with Crippen LogP contribution in [0, 0.1) is 0 Å². The molecule has 0 fully saturated rings. The van der Waals surface area contributed by atoms with Crippen LogP contribution >= 0.6 is 0 Å². The molecule has 0 bridgehead atoms. The minimum Gasteiger partial charge on any atom is -0.488 e. The number of rotatable bonds is 6. The molecule has 0 aromatic heterocycles. The highest BCUT2D eigenvalue weighted by atomic mass is 16.5. The number of aryl methyl sites for hydroxylation is 1. The maximum absolute atomic E-state index is 9.22. The van der Waals surface area contributed by atoms with Crippen LogP contribution in [0.5, 0.6) is 5.75 Å². The highest BCUT2D eigenvalue weighted by molar-refractivity contribution is 5.75. The van der Waals surface area contributed by atoms with Gasteiger partial charge in [-0.05, 0) is 51.9 Å². The fraction of sp³-hybridized carbons (Fsp3) is 0.250. The molecule has 3 heteroatoms. The Morgan fingerprint density at radius 1 is 0.852 bits per heavy atom. The zero-order chi connectivity index (χ0) is 18.6. The molecule has 1 N–H and O–H groups in total. The van der Waals surface area contributed by atoms with Crippen LogP contribution in [0.4, 0.5) is 0 Å². The molecule has 138 valence electrons. The number of hydrogen-bond acceptors (Lipinski definition) is 3. The third-order valence-corrected chi connectivity index (χ3v) is 5.01. The molecule has 0 amide bonds. The van der Waals surface area contributed by atoms with Crippen molar-refractivity contribution in [1.82, 2.24) is 0 Å².